The van der Waals surface area contributed by atoms with Gasteiger partial charge < -0.3 is 4.74 Å². The molecule has 2 aromatic carbocycles. The molecule has 0 unspecified atom stereocenters. The number of azo groups is 1. The fourth-order valence-electron chi connectivity index (χ4n) is 3.45. The Hall–Kier alpha value is -3.01. The van der Waals surface area contributed by atoms with Crippen LogP contribution in [-0.2, 0) is 6.54 Å². The molecular formula is C27H34N3O+. The van der Waals surface area contributed by atoms with Gasteiger partial charge >= 0.3 is 0 Å². The van der Waals surface area contributed by atoms with E-state index in [1.165, 1.54) is 44.9 Å². The summed E-state index contributed by atoms with van der Waals surface area (Å²) in [6.07, 6.45) is 14.6. The number of nitrogens with zero attached hydrogens (tertiary/aromatic N) is 3. The molecule has 0 radical (unpaired) electrons. The molecule has 0 aliphatic rings. The molecular weight excluding hydrogens is 382 g/mol. The van der Waals surface area contributed by atoms with Crippen LogP contribution >= 0.6 is 0 Å². The number of hydrogen-bond donors (Lipinski definition) is 0. The van der Waals surface area contributed by atoms with Crippen molar-refractivity contribution in [2.24, 2.45) is 10.2 Å². The second-order valence-electron chi connectivity index (χ2n) is 7.82. The molecule has 3 rings (SSSR count). The first-order chi connectivity index (χ1) is 15.4. The topological polar surface area (TPSA) is 37.8 Å². The third-order valence-corrected chi connectivity index (χ3v) is 5.23. The largest absolute Gasteiger partial charge is 0.494 e. The van der Waals surface area contributed by atoms with Gasteiger partial charge in [-0.2, -0.15) is 10.2 Å². The predicted octanol–water partition coefficient (Wildman–Crippen LogP) is 7.59. The van der Waals surface area contributed by atoms with Gasteiger partial charge in [0, 0.05) is 18.6 Å². The van der Waals surface area contributed by atoms with E-state index >= 15 is 0 Å². The molecule has 0 aliphatic carbocycles. The molecule has 31 heavy (non-hydrogen) atoms. The number of ether oxygens (including phenoxy) is 1. The molecule has 0 saturated heterocycles. The number of pyridine rings is 1. The van der Waals surface area contributed by atoms with E-state index in [0.29, 0.717) is 0 Å². The predicted molar refractivity (Wildman–Crippen MR) is 126 cm³/mol. The average Bonchev–Trinajstić information content (AvgIpc) is 2.83. The van der Waals surface area contributed by atoms with E-state index in [0.717, 1.165) is 36.7 Å². The summed E-state index contributed by atoms with van der Waals surface area (Å²) in [5, 5.41) is 8.49. The highest BCUT2D eigenvalue weighted by molar-refractivity contribution is 5.42. The van der Waals surface area contributed by atoms with Crippen molar-refractivity contribution in [3.63, 3.8) is 0 Å². The van der Waals surface area contributed by atoms with Crippen molar-refractivity contribution < 1.29 is 9.30 Å². The van der Waals surface area contributed by atoms with Crippen LogP contribution in [0.15, 0.2) is 95.4 Å². The maximum absolute atomic E-state index is 5.85. The van der Waals surface area contributed by atoms with E-state index in [-0.39, 0.29) is 0 Å². The Bertz CT molecular complexity index is 864. The Labute approximate surface area is 186 Å². The molecule has 0 spiro atoms. The van der Waals surface area contributed by atoms with E-state index in [9.17, 15) is 0 Å². The lowest BCUT2D eigenvalue weighted by Crippen LogP contribution is -2.32. The van der Waals surface area contributed by atoms with Crippen molar-refractivity contribution in [2.75, 3.05) is 6.61 Å². The van der Waals surface area contributed by atoms with Crippen molar-refractivity contribution in [1.29, 1.82) is 0 Å². The molecule has 0 saturated carbocycles. The maximum Gasteiger partial charge on any atom is 0.168 e. The van der Waals surface area contributed by atoms with E-state index in [1.807, 2.05) is 54.6 Å². The summed E-state index contributed by atoms with van der Waals surface area (Å²) in [7, 11) is 0. The highest BCUT2D eigenvalue weighted by Crippen LogP contribution is 2.21. The minimum Gasteiger partial charge on any atom is -0.494 e. The Morgan fingerprint density at radius 1 is 0.548 bits per heavy atom. The van der Waals surface area contributed by atoms with Crippen LogP contribution in [0, 0.1) is 0 Å². The van der Waals surface area contributed by atoms with Gasteiger partial charge in [-0.05, 0) is 49.2 Å². The Kier molecular flexibility index (Phi) is 10.3. The molecule has 4 heteroatoms. The first kappa shape index (κ1) is 22.7. The summed E-state index contributed by atoms with van der Waals surface area (Å²) in [6, 6.07) is 23.8. The normalized spacial score (nSPS) is 11.1. The number of rotatable bonds is 14. The quantitative estimate of drug-likeness (QED) is 0.151. The van der Waals surface area contributed by atoms with Gasteiger partial charge in [0.25, 0.3) is 0 Å². The van der Waals surface area contributed by atoms with Gasteiger partial charge in [-0.1, -0.05) is 56.4 Å². The van der Waals surface area contributed by atoms with Gasteiger partial charge in [0.05, 0.1) is 18.0 Å². The van der Waals surface area contributed by atoms with E-state index in [1.54, 1.807) is 0 Å². The van der Waals surface area contributed by atoms with Crippen LogP contribution in [0.4, 0.5) is 11.4 Å². The zero-order valence-electron chi connectivity index (χ0n) is 18.4. The van der Waals surface area contributed by atoms with Crippen LogP contribution in [0.3, 0.4) is 0 Å². The van der Waals surface area contributed by atoms with Gasteiger partial charge in [0.15, 0.2) is 12.4 Å². The van der Waals surface area contributed by atoms with E-state index < -0.39 is 0 Å². The summed E-state index contributed by atoms with van der Waals surface area (Å²) in [5.74, 6) is 0.898. The first-order valence-electron chi connectivity index (χ1n) is 11.5. The molecule has 4 nitrogen and oxygen atoms in total. The minimum atomic E-state index is 0.777. The van der Waals surface area contributed by atoms with Crippen molar-refractivity contribution >= 4 is 11.4 Å². The molecule has 3 aromatic rings. The molecule has 162 valence electrons. The summed E-state index contributed by atoms with van der Waals surface area (Å²) >= 11 is 0. The molecule has 0 bridgehead atoms. The molecule has 0 amide bonds. The molecule has 0 aliphatic heterocycles. The molecule has 1 aromatic heterocycles. The minimum absolute atomic E-state index is 0.777. The van der Waals surface area contributed by atoms with Crippen molar-refractivity contribution in [3.05, 3.63) is 85.2 Å². The lowest BCUT2D eigenvalue weighted by Gasteiger charge is -2.06. The number of aryl methyl sites for hydroxylation is 1. The molecule has 0 atom stereocenters. The van der Waals surface area contributed by atoms with Crippen LogP contribution in [0.25, 0.3) is 0 Å². The van der Waals surface area contributed by atoms with Gasteiger partial charge in [-0.15, -0.1) is 0 Å². The van der Waals surface area contributed by atoms with Crippen LogP contribution in [0.2, 0.25) is 0 Å². The summed E-state index contributed by atoms with van der Waals surface area (Å²) in [4.78, 5) is 0. The average molecular weight is 417 g/mol. The van der Waals surface area contributed by atoms with Crippen LogP contribution in [0.5, 0.6) is 5.75 Å². The zero-order valence-corrected chi connectivity index (χ0v) is 18.4. The monoisotopic (exact) mass is 416 g/mol. The SMILES string of the molecule is c1ccc(N=Nc2ccc(OCCCCCCCCCC[n+]3ccccc3)cc2)cc1. The summed E-state index contributed by atoms with van der Waals surface area (Å²) in [5.41, 5.74) is 1.69. The highest BCUT2D eigenvalue weighted by Gasteiger charge is 1.99. The maximum atomic E-state index is 5.85. The van der Waals surface area contributed by atoms with E-state index in [4.69, 9.17) is 4.74 Å². The van der Waals surface area contributed by atoms with Gasteiger partial charge in [0.1, 0.15) is 12.3 Å². The number of benzene rings is 2. The Morgan fingerprint density at radius 2 is 1.10 bits per heavy atom. The van der Waals surface area contributed by atoms with Crippen LogP contribution < -0.4 is 9.30 Å². The highest BCUT2D eigenvalue weighted by atomic mass is 16.5. The lowest BCUT2D eigenvalue weighted by molar-refractivity contribution is -0.697. The van der Waals surface area contributed by atoms with Crippen LogP contribution in [-0.4, -0.2) is 6.61 Å². The Balaban J connectivity index is 1.17. The smallest absolute Gasteiger partial charge is 0.168 e. The van der Waals surface area contributed by atoms with Crippen molar-refractivity contribution in [2.45, 2.75) is 57.9 Å². The third kappa shape index (κ3) is 9.56. The van der Waals surface area contributed by atoms with E-state index in [2.05, 4.69) is 45.4 Å². The number of hydrogen-bond acceptors (Lipinski definition) is 3. The second-order valence-corrected chi connectivity index (χ2v) is 7.82. The van der Waals surface area contributed by atoms with Gasteiger partial charge in [-0.3, -0.25) is 0 Å². The number of unbranched alkanes of at least 4 members (excludes halogenated alkanes) is 7. The second kappa shape index (κ2) is 14.1. The van der Waals surface area contributed by atoms with Crippen molar-refractivity contribution in [1.82, 2.24) is 0 Å². The Morgan fingerprint density at radius 3 is 1.77 bits per heavy atom. The molecule has 0 N–H and O–H groups in total. The zero-order chi connectivity index (χ0) is 21.4. The standard InChI is InChI=1S/C27H34N3O/c1(3-5-11-21-30-22-12-8-13-23-30)2-4-6-14-24-31-27-19-17-26(18-20-27)29-28-25-15-9-7-10-16-25/h7-10,12-13,15-20,22-23H,1-6,11,14,21,24H2/q+1. The van der Waals surface area contributed by atoms with Gasteiger partial charge in [-0.25, -0.2) is 4.57 Å². The fourth-order valence-corrected chi connectivity index (χ4v) is 3.45. The first-order valence-corrected chi connectivity index (χ1v) is 11.5. The fraction of sp³-hybridized carbons (Fsp3) is 0.370. The molecule has 0 fully saturated rings. The van der Waals surface area contributed by atoms with Crippen molar-refractivity contribution in [3.8, 4) is 5.75 Å². The summed E-state index contributed by atoms with van der Waals surface area (Å²) < 4.78 is 8.12. The lowest BCUT2D eigenvalue weighted by atomic mass is 10.1. The van der Waals surface area contributed by atoms with Gasteiger partial charge in [0.2, 0.25) is 0 Å². The van der Waals surface area contributed by atoms with Crippen LogP contribution in [0.1, 0.15) is 51.4 Å². The molecule has 1 heterocycles. The third-order valence-electron chi connectivity index (χ3n) is 5.23. The summed E-state index contributed by atoms with van der Waals surface area (Å²) in [6.45, 7) is 1.91. The number of aromatic nitrogens is 1.